The summed E-state index contributed by atoms with van der Waals surface area (Å²) in [5.74, 6) is -2.68. The highest BCUT2D eigenvalue weighted by Gasteiger charge is 2.47. The molecule has 0 aliphatic carbocycles. The lowest BCUT2D eigenvalue weighted by Gasteiger charge is -2.41. The van der Waals surface area contributed by atoms with Crippen molar-refractivity contribution in [2.45, 2.75) is 64.2 Å². The van der Waals surface area contributed by atoms with Crippen LogP contribution >= 0.6 is 0 Å². The van der Waals surface area contributed by atoms with Crippen molar-refractivity contribution < 1.29 is 23.4 Å². The van der Waals surface area contributed by atoms with E-state index in [-0.39, 0.29) is 29.1 Å². The highest BCUT2D eigenvalue weighted by molar-refractivity contribution is 5.89. The zero-order valence-electron chi connectivity index (χ0n) is 24.3. The number of methoxy groups -OCH3 is 1. The maximum atomic E-state index is 14.7. The molecule has 220 valence electrons. The van der Waals surface area contributed by atoms with Gasteiger partial charge in [0, 0.05) is 46.3 Å². The molecule has 0 unspecified atom stereocenters. The number of piperidine rings is 1. The van der Waals surface area contributed by atoms with Crippen molar-refractivity contribution in [3.63, 3.8) is 0 Å². The number of ether oxygens (including phenoxy) is 1. The number of hydrogen-bond donors (Lipinski definition) is 2. The van der Waals surface area contributed by atoms with Crippen LogP contribution in [0.5, 0.6) is 0 Å². The van der Waals surface area contributed by atoms with Gasteiger partial charge in [-0.05, 0) is 51.3 Å². The van der Waals surface area contributed by atoms with Gasteiger partial charge in [0.05, 0.1) is 11.1 Å². The lowest BCUT2D eigenvalue weighted by Crippen LogP contribution is -2.47. The third-order valence-corrected chi connectivity index (χ3v) is 7.60. The molecule has 9 nitrogen and oxygen atoms in total. The Kier molecular flexibility index (Phi) is 9.20. The number of pyridine rings is 1. The van der Waals surface area contributed by atoms with Crippen LogP contribution < -0.4 is 10.9 Å². The number of amides is 1. The largest absolute Gasteiger partial charge is 0.384 e. The SMILES string of the molecule is C#C.COC1(c2cc3c(NCc4cccc(C(F)(F)C(C)(C)O)c4)nc(C)nc3c(=O)n2C)CCN(C(C)=O)CC1. The summed E-state index contributed by atoms with van der Waals surface area (Å²) >= 11 is 0. The molecule has 3 heterocycles. The Morgan fingerprint density at radius 1 is 1.20 bits per heavy atom. The van der Waals surface area contributed by atoms with Crippen molar-refractivity contribution in [1.29, 1.82) is 0 Å². The Labute approximate surface area is 238 Å². The van der Waals surface area contributed by atoms with Gasteiger partial charge < -0.3 is 24.6 Å². The normalized spacial score (nSPS) is 15.2. The second-order valence-electron chi connectivity index (χ2n) is 10.7. The molecule has 1 amide bonds. The molecular formula is C30H37F2N5O4. The van der Waals surface area contributed by atoms with E-state index < -0.39 is 17.1 Å². The first-order chi connectivity index (χ1) is 19.2. The number of nitrogens with zero attached hydrogens (tertiary/aromatic N) is 4. The van der Waals surface area contributed by atoms with Crippen molar-refractivity contribution in [2.24, 2.45) is 7.05 Å². The minimum absolute atomic E-state index is 0.00755. The van der Waals surface area contributed by atoms with Gasteiger partial charge in [-0.25, -0.2) is 9.97 Å². The van der Waals surface area contributed by atoms with Gasteiger partial charge in [-0.2, -0.15) is 8.78 Å². The average Bonchev–Trinajstić information content (AvgIpc) is 2.94. The molecule has 0 saturated carbocycles. The lowest BCUT2D eigenvalue weighted by atomic mass is 9.86. The van der Waals surface area contributed by atoms with Crippen LogP contribution in [-0.2, 0) is 34.6 Å². The fourth-order valence-electron chi connectivity index (χ4n) is 5.12. The summed E-state index contributed by atoms with van der Waals surface area (Å²) < 4.78 is 37.0. The van der Waals surface area contributed by atoms with Crippen LogP contribution in [0.25, 0.3) is 10.9 Å². The zero-order chi connectivity index (χ0) is 30.8. The van der Waals surface area contributed by atoms with Crippen LogP contribution in [0.4, 0.5) is 14.6 Å². The van der Waals surface area contributed by atoms with Crippen molar-refractivity contribution >= 4 is 22.6 Å². The van der Waals surface area contributed by atoms with Gasteiger partial charge in [-0.3, -0.25) is 9.59 Å². The van der Waals surface area contributed by atoms with Crippen molar-refractivity contribution in [1.82, 2.24) is 19.4 Å². The highest BCUT2D eigenvalue weighted by atomic mass is 19.3. The van der Waals surface area contributed by atoms with Gasteiger partial charge in [0.15, 0.2) is 0 Å². The number of rotatable bonds is 7. The summed E-state index contributed by atoms with van der Waals surface area (Å²) in [4.78, 5) is 36.0. The Morgan fingerprint density at radius 2 is 1.83 bits per heavy atom. The third-order valence-electron chi connectivity index (χ3n) is 7.60. The molecule has 0 spiro atoms. The van der Waals surface area contributed by atoms with Crippen LogP contribution in [0.3, 0.4) is 0 Å². The van der Waals surface area contributed by atoms with Crippen molar-refractivity contribution in [3.8, 4) is 12.8 Å². The highest BCUT2D eigenvalue weighted by Crippen LogP contribution is 2.39. The standard InChI is InChI=1S/C28H35F2N5O4.C2H2/c1-17-32-23-21(15-22(34(5)25(23)37)27(39-6)10-12-35(13-11-27)18(2)36)24(33-17)31-16-19-8-7-9-20(14-19)28(29,30)26(3,4)38;1-2/h7-9,14-15,38H,10-13,16H2,1-6H3,(H,31,32,33);1-2H. The van der Waals surface area contributed by atoms with E-state index in [1.807, 2.05) is 6.07 Å². The molecule has 11 heteroatoms. The predicted octanol–water partition coefficient (Wildman–Crippen LogP) is 3.85. The summed E-state index contributed by atoms with van der Waals surface area (Å²) in [6.07, 6.45) is 9.03. The fraction of sp³-hybridized carbons (Fsp3) is 0.467. The van der Waals surface area contributed by atoms with E-state index in [1.54, 1.807) is 32.0 Å². The maximum absolute atomic E-state index is 14.7. The number of aryl methyl sites for hydroxylation is 1. The summed E-state index contributed by atoms with van der Waals surface area (Å²) in [6.45, 7) is 6.49. The number of nitrogens with one attached hydrogen (secondary N) is 1. The molecule has 1 fully saturated rings. The number of hydrogen-bond acceptors (Lipinski definition) is 7. The first-order valence-electron chi connectivity index (χ1n) is 13.2. The number of anilines is 1. The van der Waals surface area contributed by atoms with Crippen LogP contribution in [0.15, 0.2) is 35.1 Å². The van der Waals surface area contributed by atoms with Gasteiger partial charge in [-0.1, -0.05) is 18.2 Å². The van der Waals surface area contributed by atoms with Crippen LogP contribution in [0.2, 0.25) is 0 Å². The maximum Gasteiger partial charge on any atom is 0.300 e. The van der Waals surface area contributed by atoms with Crippen molar-refractivity contribution in [2.75, 3.05) is 25.5 Å². The summed E-state index contributed by atoms with van der Waals surface area (Å²) in [6, 6.07) is 7.67. The summed E-state index contributed by atoms with van der Waals surface area (Å²) in [7, 11) is 3.27. The molecule has 1 saturated heterocycles. The topological polar surface area (TPSA) is 110 Å². The molecule has 2 aromatic heterocycles. The number of fused-ring (bicyclic) bond motifs is 1. The Balaban J connectivity index is 0.00000226. The molecule has 1 aliphatic heterocycles. The first-order valence-corrected chi connectivity index (χ1v) is 13.2. The summed E-state index contributed by atoms with van der Waals surface area (Å²) in [5.41, 5.74) is -2.20. The average molecular weight is 570 g/mol. The van der Waals surface area contributed by atoms with Gasteiger partial charge in [0.2, 0.25) is 5.91 Å². The Bertz CT molecular complexity index is 1500. The molecule has 2 N–H and O–H groups in total. The van der Waals surface area contributed by atoms with E-state index in [9.17, 15) is 23.5 Å². The second-order valence-corrected chi connectivity index (χ2v) is 10.7. The van der Waals surface area contributed by atoms with Crippen LogP contribution in [0, 0.1) is 19.8 Å². The quantitative estimate of drug-likeness (QED) is 0.416. The number of likely N-dealkylation sites (tertiary alicyclic amines) is 1. The predicted molar refractivity (Wildman–Crippen MR) is 154 cm³/mol. The van der Waals surface area contributed by atoms with Crippen LogP contribution in [0.1, 0.15) is 56.3 Å². The summed E-state index contributed by atoms with van der Waals surface area (Å²) in [5, 5.41) is 13.6. The van der Waals surface area contributed by atoms with E-state index in [0.29, 0.717) is 54.2 Å². The third kappa shape index (κ3) is 6.09. The van der Waals surface area contributed by atoms with Crippen LogP contribution in [-0.4, -0.2) is 56.2 Å². The first kappa shape index (κ1) is 31.6. The number of carbonyl (C=O) groups excluding carboxylic acids is 1. The van der Waals surface area contributed by atoms with Gasteiger partial charge >= 0.3 is 5.92 Å². The Morgan fingerprint density at radius 3 is 2.39 bits per heavy atom. The molecule has 41 heavy (non-hydrogen) atoms. The monoisotopic (exact) mass is 569 g/mol. The molecule has 3 aromatic rings. The number of halogens is 2. The number of benzene rings is 1. The molecule has 1 aliphatic rings. The second kappa shape index (κ2) is 11.9. The minimum atomic E-state index is -3.45. The molecule has 0 bridgehead atoms. The van der Waals surface area contributed by atoms with Gasteiger partial charge in [0.25, 0.3) is 5.56 Å². The van der Waals surface area contributed by atoms with E-state index >= 15 is 0 Å². The molecule has 4 rings (SSSR count). The zero-order valence-corrected chi connectivity index (χ0v) is 24.3. The number of aromatic nitrogens is 3. The number of aliphatic hydroxyl groups is 1. The van der Waals surface area contributed by atoms with Crippen molar-refractivity contribution in [3.05, 3.63) is 63.3 Å². The number of carbonyl (C=O) groups is 1. The van der Waals surface area contributed by atoms with E-state index in [2.05, 4.69) is 28.1 Å². The number of alkyl halides is 2. The molecule has 0 atom stereocenters. The molecular weight excluding hydrogens is 532 g/mol. The molecule has 0 radical (unpaired) electrons. The van der Waals surface area contributed by atoms with E-state index in [1.165, 1.54) is 29.7 Å². The number of terminal acetylenes is 1. The van der Waals surface area contributed by atoms with E-state index in [4.69, 9.17) is 4.74 Å². The van der Waals surface area contributed by atoms with Gasteiger partial charge in [-0.15, -0.1) is 12.8 Å². The minimum Gasteiger partial charge on any atom is -0.384 e. The fourth-order valence-corrected chi connectivity index (χ4v) is 5.12. The van der Waals surface area contributed by atoms with Gasteiger partial charge in [0.1, 0.15) is 28.4 Å². The smallest absolute Gasteiger partial charge is 0.300 e. The Hall–Kier alpha value is -3.88. The lowest BCUT2D eigenvalue weighted by molar-refractivity contribution is -0.168. The molecule has 1 aromatic carbocycles. The van der Waals surface area contributed by atoms with E-state index in [0.717, 1.165) is 13.8 Å².